The van der Waals surface area contributed by atoms with Crippen molar-refractivity contribution in [2.75, 3.05) is 46.3 Å². The fourth-order valence-electron chi connectivity index (χ4n) is 2.57. The molecule has 0 saturated carbocycles. The topological polar surface area (TPSA) is 9.72 Å². The highest BCUT2D eigenvalue weighted by molar-refractivity contribution is 5.01. The molecule has 0 aliphatic carbocycles. The van der Waals surface area contributed by atoms with Gasteiger partial charge in [0.05, 0.1) is 0 Å². The van der Waals surface area contributed by atoms with Crippen LogP contribution in [0.5, 0.6) is 0 Å². The molecule has 0 N–H and O–H groups in total. The second-order valence-electron chi connectivity index (χ2n) is 6.61. The highest BCUT2D eigenvalue weighted by atomic mass is 15.3. The molecule has 19 heavy (non-hydrogen) atoms. The number of piperazine rings is 1. The summed E-state index contributed by atoms with van der Waals surface area (Å²) >= 11 is 0. The lowest BCUT2D eigenvalue weighted by Gasteiger charge is -2.38. The average Bonchev–Trinajstić information content (AvgIpc) is 2.30. The van der Waals surface area contributed by atoms with E-state index in [0.29, 0.717) is 6.04 Å². The van der Waals surface area contributed by atoms with Gasteiger partial charge in [-0.15, -0.1) is 0 Å². The summed E-state index contributed by atoms with van der Waals surface area (Å²) in [4.78, 5) is 7.42. The molecule has 0 aromatic carbocycles. The summed E-state index contributed by atoms with van der Waals surface area (Å²) in [5.74, 6) is 0.749. The molecule has 0 unspecified atom stereocenters. The maximum absolute atomic E-state index is 4.26. The van der Waals surface area contributed by atoms with Gasteiger partial charge in [0, 0.05) is 44.5 Å². The van der Waals surface area contributed by atoms with Crippen LogP contribution in [0.15, 0.2) is 12.3 Å². The normalized spacial score (nSPS) is 18.1. The van der Waals surface area contributed by atoms with E-state index >= 15 is 0 Å². The summed E-state index contributed by atoms with van der Waals surface area (Å²) in [6.07, 6.45) is 1.23. The van der Waals surface area contributed by atoms with E-state index in [0.717, 1.165) is 25.6 Å². The van der Waals surface area contributed by atoms with Crippen LogP contribution in [-0.2, 0) is 0 Å². The molecule has 1 heterocycles. The van der Waals surface area contributed by atoms with Gasteiger partial charge in [-0.25, -0.2) is 0 Å². The second-order valence-corrected chi connectivity index (χ2v) is 6.61. The molecule has 0 bridgehead atoms. The number of hydrogen-bond donors (Lipinski definition) is 0. The molecule has 3 heteroatoms. The van der Waals surface area contributed by atoms with Crippen molar-refractivity contribution in [3.05, 3.63) is 12.3 Å². The summed E-state index contributed by atoms with van der Waals surface area (Å²) in [7, 11) is 2.21. The SMILES string of the molecule is C=C1CN(CC(C)C)CCN1CCCN(C)C(C)C. The van der Waals surface area contributed by atoms with E-state index in [4.69, 9.17) is 0 Å². The first-order chi connectivity index (χ1) is 8.90. The Labute approximate surface area is 120 Å². The molecule has 0 amide bonds. The van der Waals surface area contributed by atoms with Crippen LogP contribution in [0, 0.1) is 5.92 Å². The lowest BCUT2D eigenvalue weighted by Crippen LogP contribution is -2.46. The van der Waals surface area contributed by atoms with Crippen LogP contribution in [-0.4, -0.2) is 67.1 Å². The molecule has 3 nitrogen and oxygen atoms in total. The first kappa shape index (κ1) is 16.5. The van der Waals surface area contributed by atoms with Crippen molar-refractivity contribution in [2.45, 2.75) is 40.2 Å². The van der Waals surface area contributed by atoms with Gasteiger partial charge in [-0.1, -0.05) is 20.4 Å². The molecule has 1 saturated heterocycles. The van der Waals surface area contributed by atoms with Crippen LogP contribution < -0.4 is 0 Å². The molecule has 0 spiro atoms. The maximum atomic E-state index is 4.26. The largest absolute Gasteiger partial charge is 0.373 e. The lowest BCUT2D eigenvalue weighted by atomic mass is 10.1. The quantitative estimate of drug-likeness (QED) is 0.702. The van der Waals surface area contributed by atoms with Gasteiger partial charge < -0.3 is 9.80 Å². The van der Waals surface area contributed by atoms with Crippen molar-refractivity contribution in [1.82, 2.24) is 14.7 Å². The predicted molar refractivity (Wildman–Crippen MR) is 84.4 cm³/mol. The summed E-state index contributed by atoms with van der Waals surface area (Å²) in [6, 6.07) is 0.645. The van der Waals surface area contributed by atoms with Crippen LogP contribution in [0.25, 0.3) is 0 Å². The Kier molecular flexibility index (Phi) is 6.87. The van der Waals surface area contributed by atoms with Crippen LogP contribution in [0.1, 0.15) is 34.1 Å². The minimum absolute atomic E-state index is 0.645. The lowest BCUT2D eigenvalue weighted by molar-refractivity contribution is 0.157. The number of hydrogen-bond acceptors (Lipinski definition) is 3. The highest BCUT2D eigenvalue weighted by Gasteiger charge is 2.19. The van der Waals surface area contributed by atoms with Gasteiger partial charge in [0.1, 0.15) is 0 Å². The van der Waals surface area contributed by atoms with Gasteiger partial charge in [0.15, 0.2) is 0 Å². The van der Waals surface area contributed by atoms with Gasteiger partial charge in [-0.2, -0.15) is 0 Å². The molecular weight excluding hydrogens is 234 g/mol. The molecule has 112 valence electrons. The van der Waals surface area contributed by atoms with Gasteiger partial charge >= 0.3 is 0 Å². The van der Waals surface area contributed by atoms with E-state index in [1.54, 1.807) is 0 Å². The number of nitrogens with zero attached hydrogens (tertiary/aromatic N) is 3. The second kappa shape index (κ2) is 7.91. The Morgan fingerprint density at radius 2 is 1.89 bits per heavy atom. The molecule has 1 rings (SSSR count). The third-order valence-corrected chi connectivity index (χ3v) is 3.98. The van der Waals surface area contributed by atoms with Crippen molar-refractivity contribution in [2.24, 2.45) is 5.92 Å². The van der Waals surface area contributed by atoms with E-state index in [9.17, 15) is 0 Å². The molecule has 1 aliphatic rings. The zero-order chi connectivity index (χ0) is 14.4. The van der Waals surface area contributed by atoms with Crippen LogP contribution in [0.4, 0.5) is 0 Å². The summed E-state index contributed by atoms with van der Waals surface area (Å²) in [5, 5.41) is 0. The monoisotopic (exact) mass is 267 g/mol. The van der Waals surface area contributed by atoms with Crippen molar-refractivity contribution < 1.29 is 0 Å². The highest BCUT2D eigenvalue weighted by Crippen LogP contribution is 2.13. The van der Waals surface area contributed by atoms with Crippen LogP contribution >= 0.6 is 0 Å². The zero-order valence-corrected chi connectivity index (χ0v) is 13.7. The molecule has 0 aromatic rings. The fourth-order valence-corrected chi connectivity index (χ4v) is 2.57. The van der Waals surface area contributed by atoms with E-state index in [1.807, 2.05) is 0 Å². The fraction of sp³-hybridized carbons (Fsp3) is 0.875. The van der Waals surface area contributed by atoms with Crippen molar-refractivity contribution >= 4 is 0 Å². The summed E-state index contributed by atoms with van der Waals surface area (Å²) in [6.45, 7) is 20.3. The van der Waals surface area contributed by atoms with E-state index < -0.39 is 0 Å². The van der Waals surface area contributed by atoms with Crippen molar-refractivity contribution in [3.63, 3.8) is 0 Å². The van der Waals surface area contributed by atoms with Crippen LogP contribution in [0.3, 0.4) is 0 Å². The first-order valence-corrected chi connectivity index (χ1v) is 7.75. The van der Waals surface area contributed by atoms with E-state index in [2.05, 4.69) is 56.0 Å². The Morgan fingerprint density at radius 3 is 2.42 bits per heavy atom. The maximum Gasteiger partial charge on any atom is 0.0378 e. The smallest absolute Gasteiger partial charge is 0.0378 e. The van der Waals surface area contributed by atoms with Gasteiger partial charge in [0.25, 0.3) is 0 Å². The number of rotatable bonds is 7. The third-order valence-electron chi connectivity index (χ3n) is 3.98. The van der Waals surface area contributed by atoms with Gasteiger partial charge in [-0.05, 0) is 39.8 Å². The minimum Gasteiger partial charge on any atom is -0.373 e. The minimum atomic E-state index is 0.645. The van der Waals surface area contributed by atoms with Gasteiger partial charge in [-0.3, -0.25) is 4.90 Å². The molecular formula is C16H33N3. The predicted octanol–water partition coefficient (Wildman–Crippen LogP) is 2.50. The Morgan fingerprint density at radius 1 is 1.21 bits per heavy atom. The average molecular weight is 267 g/mol. The van der Waals surface area contributed by atoms with Crippen LogP contribution in [0.2, 0.25) is 0 Å². The Bertz CT molecular complexity index is 273. The molecule has 0 aromatic heterocycles. The van der Waals surface area contributed by atoms with E-state index in [1.165, 1.54) is 31.8 Å². The standard InChI is InChI=1S/C16H33N3/c1-14(2)12-18-10-11-19(16(5)13-18)9-7-8-17(6)15(3)4/h14-15H,5,7-13H2,1-4,6H3. The molecule has 0 atom stereocenters. The van der Waals surface area contributed by atoms with Crippen molar-refractivity contribution in [3.8, 4) is 0 Å². The Hall–Kier alpha value is -0.540. The summed E-state index contributed by atoms with van der Waals surface area (Å²) in [5.41, 5.74) is 1.30. The molecule has 1 fully saturated rings. The van der Waals surface area contributed by atoms with Crippen molar-refractivity contribution in [1.29, 1.82) is 0 Å². The molecule has 0 radical (unpaired) electrons. The van der Waals surface area contributed by atoms with Gasteiger partial charge in [0.2, 0.25) is 0 Å². The van der Waals surface area contributed by atoms with E-state index in [-0.39, 0.29) is 0 Å². The third kappa shape index (κ3) is 5.96. The zero-order valence-electron chi connectivity index (χ0n) is 13.7. The first-order valence-electron chi connectivity index (χ1n) is 7.75. The Balaban J connectivity index is 2.24. The molecule has 1 aliphatic heterocycles. The summed E-state index contributed by atoms with van der Waals surface area (Å²) < 4.78 is 0.